The van der Waals surface area contributed by atoms with Crippen LogP contribution in [0, 0.1) is 0 Å². The van der Waals surface area contributed by atoms with Crippen LogP contribution in [0.4, 0.5) is 0 Å². The van der Waals surface area contributed by atoms with Crippen LogP contribution in [0.1, 0.15) is 0 Å². The van der Waals surface area contributed by atoms with Crippen molar-refractivity contribution in [2.75, 3.05) is 0 Å². The second-order valence-electron chi connectivity index (χ2n) is 6.96. The predicted octanol–water partition coefficient (Wildman–Crippen LogP) is 7.21. The van der Waals surface area contributed by atoms with Crippen LogP contribution in [0.5, 0.6) is 23.0 Å². The smallest absolute Gasteiger partial charge is 0.425 e. The second-order valence-corrected chi connectivity index (χ2v) is 11.5. The standard InChI is InChI=1S/C24H25N4O4P3/c25-33(26)27-35(31-23-17-9-3-10-18-23,32-24-19-11-4-12-20-24)28-34(29-21-13-5-1-6-14-21)30-22-15-7-2-8-16-22/h1-20,28H,(H4,25,26,27)/q+2. The molecular weight excluding hydrogens is 501 g/mol. The Hall–Kier alpha value is -3.08. The van der Waals surface area contributed by atoms with E-state index in [9.17, 15) is 0 Å². The number of para-hydroxylation sites is 4. The number of nitrogens with one attached hydrogen (secondary N) is 1. The van der Waals surface area contributed by atoms with Crippen molar-refractivity contribution in [1.29, 1.82) is 0 Å². The van der Waals surface area contributed by atoms with Crippen molar-refractivity contribution in [3.63, 3.8) is 0 Å². The lowest BCUT2D eigenvalue weighted by atomic mass is 10.3. The highest BCUT2D eigenvalue weighted by molar-refractivity contribution is 7.75. The lowest BCUT2D eigenvalue weighted by Gasteiger charge is -2.22. The molecule has 0 aliphatic rings. The predicted molar refractivity (Wildman–Crippen MR) is 143 cm³/mol. The zero-order valence-corrected chi connectivity index (χ0v) is 21.3. The summed E-state index contributed by atoms with van der Waals surface area (Å²) in [6.07, 6.45) is 0. The van der Waals surface area contributed by atoms with E-state index in [0.717, 1.165) is 0 Å². The summed E-state index contributed by atoms with van der Waals surface area (Å²) in [7, 11) is -7.03. The number of nitrogens with zero attached hydrogens (tertiary/aromatic N) is 1. The lowest BCUT2D eigenvalue weighted by molar-refractivity contribution is 0.441. The van der Waals surface area contributed by atoms with E-state index in [0.29, 0.717) is 23.0 Å². The van der Waals surface area contributed by atoms with E-state index in [1.54, 1.807) is 24.3 Å². The van der Waals surface area contributed by atoms with E-state index in [4.69, 9.17) is 29.1 Å². The molecule has 0 aliphatic carbocycles. The number of hydrogen-bond acceptors (Lipinski definition) is 6. The lowest BCUT2D eigenvalue weighted by Crippen LogP contribution is -2.23. The van der Waals surface area contributed by atoms with Gasteiger partial charge in [0, 0.05) is 0 Å². The fourth-order valence-electron chi connectivity index (χ4n) is 2.82. The van der Waals surface area contributed by atoms with Crippen molar-refractivity contribution in [1.82, 2.24) is 4.86 Å². The maximum Gasteiger partial charge on any atom is 0.623 e. The van der Waals surface area contributed by atoms with E-state index in [1.807, 2.05) is 97.1 Å². The van der Waals surface area contributed by atoms with Gasteiger partial charge in [-0.2, -0.15) is 0 Å². The first-order valence-electron chi connectivity index (χ1n) is 10.6. The van der Waals surface area contributed by atoms with Crippen molar-refractivity contribution >= 4 is 24.6 Å². The Kier molecular flexibility index (Phi) is 8.99. The Morgan fingerprint density at radius 1 is 0.571 bits per heavy atom. The maximum absolute atomic E-state index is 6.35. The van der Waals surface area contributed by atoms with E-state index >= 15 is 0 Å². The summed E-state index contributed by atoms with van der Waals surface area (Å²) in [5, 5.41) is 0. The molecule has 4 aromatic rings. The van der Waals surface area contributed by atoms with Gasteiger partial charge in [0.15, 0.2) is 16.0 Å². The fourth-order valence-corrected chi connectivity index (χ4v) is 7.71. The first-order valence-corrected chi connectivity index (χ1v) is 14.7. The van der Waals surface area contributed by atoms with Crippen LogP contribution in [-0.4, -0.2) is 0 Å². The highest BCUT2D eigenvalue weighted by atomic mass is 31.3. The molecule has 0 saturated heterocycles. The summed E-state index contributed by atoms with van der Waals surface area (Å²) < 4.78 is 29.6. The van der Waals surface area contributed by atoms with Crippen LogP contribution in [0.2, 0.25) is 0 Å². The van der Waals surface area contributed by atoms with E-state index in [-0.39, 0.29) is 0 Å². The van der Waals surface area contributed by atoms with Gasteiger partial charge in [-0.1, -0.05) is 72.8 Å². The van der Waals surface area contributed by atoms with Crippen LogP contribution < -0.4 is 34.0 Å². The van der Waals surface area contributed by atoms with Crippen molar-refractivity contribution in [2.45, 2.75) is 0 Å². The van der Waals surface area contributed by atoms with Gasteiger partial charge in [-0.05, 0) is 53.4 Å². The van der Waals surface area contributed by atoms with Crippen LogP contribution in [0.15, 0.2) is 126 Å². The largest absolute Gasteiger partial charge is 0.623 e. The van der Waals surface area contributed by atoms with E-state index in [2.05, 4.69) is 9.37 Å². The van der Waals surface area contributed by atoms with E-state index < -0.39 is 24.6 Å². The third-order valence-corrected chi connectivity index (χ3v) is 9.34. The fraction of sp³-hybridized carbons (Fsp3) is 0. The Morgan fingerprint density at radius 3 is 1.26 bits per heavy atom. The molecule has 0 amide bonds. The zero-order chi connectivity index (χ0) is 24.3. The quantitative estimate of drug-likeness (QED) is 0.177. The summed E-state index contributed by atoms with van der Waals surface area (Å²) in [5.41, 5.74) is 12.0. The highest BCUT2D eigenvalue weighted by Gasteiger charge is 2.57. The molecule has 0 aromatic heterocycles. The Morgan fingerprint density at radius 2 is 0.914 bits per heavy atom. The molecule has 0 heterocycles. The molecule has 11 heteroatoms. The van der Waals surface area contributed by atoms with Crippen LogP contribution in [0.3, 0.4) is 0 Å². The molecule has 0 saturated carbocycles. The van der Waals surface area contributed by atoms with Crippen molar-refractivity contribution < 1.29 is 18.1 Å². The van der Waals surface area contributed by atoms with Gasteiger partial charge in [0.25, 0.3) is 0 Å². The second kappa shape index (κ2) is 12.6. The highest BCUT2D eigenvalue weighted by Crippen LogP contribution is 2.65. The molecule has 35 heavy (non-hydrogen) atoms. The van der Waals surface area contributed by atoms with Crippen LogP contribution >= 0.6 is 24.6 Å². The minimum absolute atomic E-state index is 0.527. The first-order chi connectivity index (χ1) is 17.1. The molecule has 5 N–H and O–H groups in total. The average Bonchev–Trinajstić information content (AvgIpc) is 2.86. The normalized spacial score (nSPS) is 10.9. The van der Waals surface area contributed by atoms with Gasteiger partial charge in [-0.3, -0.25) is 9.05 Å². The number of rotatable bonds is 11. The topological polar surface area (TPSA) is 113 Å². The number of nitrogens with two attached hydrogens (primary N) is 2. The van der Waals surface area contributed by atoms with Gasteiger partial charge in [0.05, 0.1) is 0 Å². The Labute approximate surface area is 207 Å². The van der Waals surface area contributed by atoms with Crippen molar-refractivity contribution in [3.05, 3.63) is 121 Å². The zero-order valence-electron chi connectivity index (χ0n) is 18.6. The molecule has 4 aromatic carbocycles. The minimum Gasteiger partial charge on any atom is -0.425 e. The number of benzene rings is 4. The van der Waals surface area contributed by atoms with Crippen molar-refractivity contribution in [2.24, 2.45) is 15.5 Å². The molecule has 4 rings (SSSR count). The molecule has 0 radical (unpaired) electrons. The summed E-state index contributed by atoms with van der Waals surface area (Å²) in [6.45, 7) is 0. The third-order valence-electron chi connectivity index (χ3n) is 4.24. The molecule has 8 nitrogen and oxygen atoms in total. The van der Waals surface area contributed by atoms with Crippen LogP contribution in [0.25, 0.3) is 0 Å². The molecule has 0 spiro atoms. The van der Waals surface area contributed by atoms with Gasteiger partial charge >= 0.3 is 24.6 Å². The minimum atomic E-state index is -3.39. The molecule has 0 atom stereocenters. The Bertz CT molecular complexity index is 1120. The van der Waals surface area contributed by atoms with Gasteiger partial charge in [0.1, 0.15) is 11.5 Å². The molecule has 0 bridgehead atoms. The summed E-state index contributed by atoms with van der Waals surface area (Å²) in [5.74, 6) is 2.25. The molecule has 0 unspecified atom stereocenters. The molecule has 0 fully saturated rings. The summed E-state index contributed by atoms with van der Waals surface area (Å²) >= 11 is 0. The SMILES string of the molecule is N[P+](N)=N[P+](NP(Oc1ccccc1)Oc1ccccc1)(Oc1ccccc1)Oc1ccccc1. The monoisotopic (exact) mass is 526 g/mol. The molecule has 0 aliphatic heterocycles. The molecular formula is C24H25N4O4P3+2. The average molecular weight is 526 g/mol. The summed E-state index contributed by atoms with van der Waals surface area (Å²) in [6, 6.07) is 37.0. The molecule has 178 valence electrons. The van der Waals surface area contributed by atoms with E-state index in [1.165, 1.54) is 0 Å². The Balaban J connectivity index is 1.73. The first kappa shape index (κ1) is 25.0. The van der Waals surface area contributed by atoms with Gasteiger partial charge in [-0.15, -0.1) is 11.0 Å². The van der Waals surface area contributed by atoms with Gasteiger partial charge in [0.2, 0.25) is 0 Å². The number of hydrogen-bond donors (Lipinski definition) is 3. The van der Waals surface area contributed by atoms with Gasteiger partial charge in [-0.25, -0.2) is 0 Å². The third kappa shape index (κ3) is 7.98. The van der Waals surface area contributed by atoms with Crippen LogP contribution in [-0.2, 0) is 0 Å². The summed E-state index contributed by atoms with van der Waals surface area (Å²) in [4.78, 5) is 3.27. The van der Waals surface area contributed by atoms with Gasteiger partial charge < -0.3 is 9.05 Å². The van der Waals surface area contributed by atoms with Crippen molar-refractivity contribution in [3.8, 4) is 23.0 Å². The maximum atomic E-state index is 6.35.